The van der Waals surface area contributed by atoms with Gasteiger partial charge < -0.3 is 5.32 Å². The van der Waals surface area contributed by atoms with Gasteiger partial charge in [0.05, 0.1) is 10.5 Å². The van der Waals surface area contributed by atoms with E-state index in [1.807, 2.05) is 0 Å². The molecule has 1 fully saturated rings. The highest BCUT2D eigenvalue weighted by molar-refractivity contribution is 14.1. The molecule has 0 atom stereocenters. The van der Waals surface area contributed by atoms with Gasteiger partial charge in [0.2, 0.25) is 10.0 Å². The lowest BCUT2D eigenvalue weighted by molar-refractivity contribution is 0.0926. The van der Waals surface area contributed by atoms with Gasteiger partial charge in [0.15, 0.2) is 0 Å². The largest absolute Gasteiger partial charge is 0.349 e. The minimum atomic E-state index is -3.53. The van der Waals surface area contributed by atoms with Crippen LogP contribution in [0.4, 0.5) is 0 Å². The van der Waals surface area contributed by atoms with Crippen molar-refractivity contribution in [2.45, 2.75) is 43.0 Å². The summed E-state index contributed by atoms with van der Waals surface area (Å²) in [4.78, 5) is 12.6. The van der Waals surface area contributed by atoms with Crippen LogP contribution in [-0.2, 0) is 10.0 Å². The van der Waals surface area contributed by atoms with Gasteiger partial charge in [-0.15, -0.1) is 0 Å². The van der Waals surface area contributed by atoms with Gasteiger partial charge in [0.25, 0.3) is 5.91 Å². The van der Waals surface area contributed by atoms with E-state index in [4.69, 9.17) is 0 Å². The number of amides is 1. The van der Waals surface area contributed by atoms with Crippen LogP contribution in [-0.4, -0.2) is 38.8 Å². The van der Waals surface area contributed by atoms with Crippen molar-refractivity contribution in [3.63, 3.8) is 0 Å². The Morgan fingerprint density at radius 2 is 1.86 bits per heavy atom. The predicted octanol–water partition coefficient (Wildman–Crippen LogP) is 2.60. The van der Waals surface area contributed by atoms with E-state index in [1.165, 1.54) is 32.6 Å². The lowest BCUT2D eigenvalue weighted by Crippen LogP contribution is -2.36. The molecule has 0 unspecified atom stereocenters. The summed E-state index contributed by atoms with van der Waals surface area (Å²) >= 11 is 2.06. The van der Waals surface area contributed by atoms with Gasteiger partial charge >= 0.3 is 0 Å². The number of benzene rings is 1. The molecule has 1 N–H and O–H groups in total. The number of hydrogen-bond donors (Lipinski definition) is 1. The topological polar surface area (TPSA) is 66.5 Å². The summed E-state index contributed by atoms with van der Waals surface area (Å²) in [5, 5.41) is 3.03. The maximum absolute atomic E-state index is 12.5. The summed E-state index contributed by atoms with van der Waals surface area (Å²) in [7, 11) is -0.570. The monoisotopic (exact) mass is 436 g/mol. The number of hydrogen-bond acceptors (Lipinski definition) is 3. The first-order valence-electron chi connectivity index (χ1n) is 7.35. The zero-order valence-electron chi connectivity index (χ0n) is 12.8. The number of nitrogens with zero attached hydrogens (tertiary/aromatic N) is 1. The first-order valence-corrected chi connectivity index (χ1v) is 9.87. The Morgan fingerprint density at radius 3 is 2.45 bits per heavy atom. The van der Waals surface area contributed by atoms with Crippen LogP contribution in [0.3, 0.4) is 0 Å². The molecule has 1 aliphatic carbocycles. The molecule has 1 aliphatic rings. The molecule has 7 heteroatoms. The standard InChI is InChI=1S/C15H21IN2O3S/c1-18(2)22(20,21)12-8-9-14(16)13(10-12)15(19)17-11-6-4-3-5-7-11/h8-11H,3-7H2,1-2H3,(H,17,19). The van der Waals surface area contributed by atoms with E-state index >= 15 is 0 Å². The quantitative estimate of drug-likeness (QED) is 0.739. The Labute approximate surface area is 145 Å². The van der Waals surface area contributed by atoms with Crippen molar-refractivity contribution in [1.29, 1.82) is 0 Å². The first-order chi connectivity index (χ1) is 10.3. The zero-order valence-corrected chi connectivity index (χ0v) is 15.8. The first kappa shape index (κ1) is 17.7. The Kier molecular flexibility index (Phi) is 5.84. The van der Waals surface area contributed by atoms with Crippen molar-refractivity contribution < 1.29 is 13.2 Å². The molecule has 2 rings (SSSR count). The smallest absolute Gasteiger partial charge is 0.252 e. The van der Waals surface area contributed by atoms with Crippen LogP contribution < -0.4 is 5.32 Å². The fourth-order valence-corrected chi connectivity index (χ4v) is 4.07. The van der Waals surface area contributed by atoms with Crippen LogP contribution >= 0.6 is 22.6 Å². The number of sulfonamides is 1. The van der Waals surface area contributed by atoms with E-state index in [0.717, 1.165) is 33.6 Å². The number of halogens is 1. The molecule has 0 aromatic heterocycles. The summed E-state index contributed by atoms with van der Waals surface area (Å²) in [5.41, 5.74) is 0.425. The van der Waals surface area contributed by atoms with Crippen molar-refractivity contribution in [2.24, 2.45) is 0 Å². The fraction of sp³-hybridized carbons (Fsp3) is 0.533. The molecule has 1 saturated carbocycles. The lowest BCUT2D eigenvalue weighted by atomic mass is 9.95. The van der Waals surface area contributed by atoms with Gasteiger partial charge in [-0.1, -0.05) is 19.3 Å². The molecule has 0 spiro atoms. The minimum Gasteiger partial charge on any atom is -0.349 e. The maximum Gasteiger partial charge on any atom is 0.252 e. The molecule has 1 aromatic carbocycles. The number of rotatable bonds is 4. The fourth-order valence-electron chi connectivity index (χ4n) is 2.56. The van der Waals surface area contributed by atoms with Gasteiger partial charge in [-0.25, -0.2) is 12.7 Å². The molecule has 0 heterocycles. The number of carbonyl (C=O) groups is 1. The predicted molar refractivity (Wildman–Crippen MR) is 94.4 cm³/mol. The molecule has 1 aromatic rings. The third-order valence-electron chi connectivity index (χ3n) is 3.90. The molecule has 0 aliphatic heterocycles. The molecule has 0 radical (unpaired) electrons. The van der Waals surface area contributed by atoms with Crippen LogP contribution in [0.15, 0.2) is 23.1 Å². The van der Waals surface area contributed by atoms with Crippen LogP contribution in [0.2, 0.25) is 0 Å². The molecule has 0 saturated heterocycles. The highest BCUT2D eigenvalue weighted by Gasteiger charge is 2.22. The third-order valence-corrected chi connectivity index (χ3v) is 6.65. The molecule has 5 nitrogen and oxygen atoms in total. The highest BCUT2D eigenvalue weighted by Crippen LogP contribution is 2.22. The second-order valence-corrected chi connectivity index (χ2v) is 9.05. The van der Waals surface area contributed by atoms with E-state index in [0.29, 0.717) is 5.56 Å². The van der Waals surface area contributed by atoms with E-state index in [2.05, 4.69) is 27.9 Å². The van der Waals surface area contributed by atoms with Crippen LogP contribution in [0.25, 0.3) is 0 Å². The molecule has 1 amide bonds. The van der Waals surface area contributed by atoms with Gasteiger partial charge in [0, 0.05) is 23.7 Å². The second-order valence-electron chi connectivity index (χ2n) is 5.74. The van der Waals surface area contributed by atoms with E-state index in [9.17, 15) is 13.2 Å². The summed E-state index contributed by atoms with van der Waals surface area (Å²) in [5.74, 6) is -0.188. The van der Waals surface area contributed by atoms with Gasteiger partial charge in [-0.2, -0.15) is 0 Å². The van der Waals surface area contributed by atoms with Crippen LogP contribution in [0.5, 0.6) is 0 Å². The SMILES string of the molecule is CN(C)S(=O)(=O)c1ccc(I)c(C(=O)NC2CCCCC2)c1. The zero-order chi connectivity index (χ0) is 16.3. The summed E-state index contributed by atoms with van der Waals surface area (Å²) < 4.78 is 26.3. The molecular formula is C15H21IN2O3S. The van der Waals surface area contributed by atoms with E-state index < -0.39 is 10.0 Å². The summed E-state index contributed by atoms with van der Waals surface area (Å²) in [6.45, 7) is 0. The van der Waals surface area contributed by atoms with Gasteiger partial charge in [-0.3, -0.25) is 4.79 Å². The third kappa shape index (κ3) is 3.99. The molecule has 0 bridgehead atoms. The lowest BCUT2D eigenvalue weighted by Gasteiger charge is -2.23. The van der Waals surface area contributed by atoms with Crippen molar-refractivity contribution in [1.82, 2.24) is 9.62 Å². The Bertz CT molecular complexity index is 653. The Hall–Kier alpha value is -0.670. The van der Waals surface area contributed by atoms with Gasteiger partial charge in [-0.05, 0) is 53.6 Å². The van der Waals surface area contributed by atoms with Crippen molar-refractivity contribution >= 4 is 38.5 Å². The van der Waals surface area contributed by atoms with Crippen LogP contribution in [0.1, 0.15) is 42.5 Å². The normalized spacial score (nSPS) is 16.7. The average molecular weight is 436 g/mol. The van der Waals surface area contributed by atoms with E-state index in [-0.39, 0.29) is 16.8 Å². The van der Waals surface area contributed by atoms with Crippen molar-refractivity contribution in [3.8, 4) is 0 Å². The Balaban J connectivity index is 2.24. The highest BCUT2D eigenvalue weighted by atomic mass is 127. The molecular weight excluding hydrogens is 415 g/mol. The van der Waals surface area contributed by atoms with Crippen molar-refractivity contribution in [2.75, 3.05) is 14.1 Å². The summed E-state index contributed by atoms with van der Waals surface area (Å²) in [6.07, 6.45) is 5.49. The maximum atomic E-state index is 12.5. The van der Waals surface area contributed by atoms with Crippen molar-refractivity contribution in [3.05, 3.63) is 27.3 Å². The Morgan fingerprint density at radius 1 is 1.23 bits per heavy atom. The second kappa shape index (κ2) is 7.27. The molecule has 22 heavy (non-hydrogen) atoms. The summed E-state index contributed by atoms with van der Waals surface area (Å²) in [6, 6.07) is 4.88. The van der Waals surface area contributed by atoms with E-state index in [1.54, 1.807) is 6.07 Å². The minimum absolute atomic E-state index is 0.145. The van der Waals surface area contributed by atoms with Crippen LogP contribution in [0, 0.1) is 3.57 Å². The van der Waals surface area contributed by atoms with Gasteiger partial charge in [0.1, 0.15) is 0 Å². The number of carbonyl (C=O) groups excluding carboxylic acids is 1. The molecule has 122 valence electrons. The number of nitrogens with one attached hydrogen (secondary N) is 1. The average Bonchev–Trinajstić information content (AvgIpc) is 2.48.